The maximum absolute atomic E-state index is 11.7. The predicted molar refractivity (Wildman–Crippen MR) is 93.3 cm³/mol. The van der Waals surface area contributed by atoms with Gasteiger partial charge < -0.3 is 5.32 Å². The summed E-state index contributed by atoms with van der Waals surface area (Å²) >= 11 is 1.90. The Morgan fingerprint density at radius 1 is 1.42 bits per heavy atom. The second-order valence-corrected chi connectivity index (χ2v) is 7.79. The summed E-state index contributed by atoms with van der Waals surface area (Å²) in [5, 5.41) is 8.33. The molecule has 1 fully saturated rings. The summed E-state index contributed by atoms with van der Waals surface area (Å²) in [5.41, 5.74) is 1.83. The average molecular weight is 345 g/mol. The molecule has 1 aliphatic carbocycles. The summed E-state index contributed by atoms with van der Waals surface area (Å²) < 4.78 is 1.96. The van der Waals surface area contributed by atoms with Crippen LogP contribution in [0.25, 0.3) is 0 Å². The van der Waals surface area contributed by atoms with Crippen LogP contribution in [-0.4, -0.2) is 45.7 Å². The van der Waals surface area contributed by atoms with Crippen LogP contribution in [-0.2, 0) is 19.4 Å². The summed E-state index contributed by atoms with van der Waals surface area (Å²) in [6, 6.07) is 2.13. The molecule has 3 heterocycles. The molecule has 1 aliphatic heterocycles. The molecule has 128 valence electrons. The Balaban J connectivity index is 1.41. The summed E-state index contributed by atoms with van der Waals surface area (Å²) in [4.78, 5) is 20.5. The molecular weight excluding hydrogens is 322 g/mol. The zero-order valence-electron chi connectivity index (χ0n) is 14.0. The third kappa shape index (κ3) is 3.10. The monoisotopic (exact) mass is 345 g/mol. The largest absolute Gasteiger partial charge is 0.354 e. The number of hydrogen-bond acceptors (Lipinski definition) is 5. The number of thiazole rings is 1. The quantitative estimate of drug-likeness (QED) is 0.921. The molecule has 1 unspecified atom stereocenters. The maximum Gasteiger partial charge on any atom is 0.271 e. The standard InChI is InChI=1S/C17H23N5OS/c1-18-17(23)14-7-9-22(20-14)12-4-3-8-21(10-12)11-16-19-13-5-2-6-15(13)24-16/h7,9,12H,2-6,8,10-11H2,1H3,(H,18,23). The molecule has 24 heavy (non-hydrogen) atoms. The van der Waals surface area contributed by atoms with Gasteiger partial charge in [-0.05, 0) is 44.7 Å². The normalized spacial score (nSPS) is 21.0. The lowest BCUT2D eigenvalue weighted by molar-refractivity contribution is 0.0955. The van der Waals surface area contributed by atoms with E-state index in [1.165, 1.54) is 28.4 Å². The van der Waals surface area contributed by atoms with Crippen molar-refractivity contribution in [3.8, 4) is 0 Å². The van der Waals surface area contributed by atoms with Gasteiger partial charge in [-0.1, -0.05) is 0 Å². The van der Waals surface area contributed by atoms with Gasteiger partial charge in [-0.2, -0.15) is 5.10 Å². The van der Waals surface area contributed by atoms with Gasteiger partial charge in [0.2, 0.25) is 0 Å². The fourth-order valence-electron chi connectivity index (χ4n) is 3.68. The Morgan fingerprint density at radius 2 is 2.33 bits per heavy atom. The number of amides is 1. The highest BCUT2D eigenvalue weighted by Crippen LogP contribution is 2.29. The van der Waals surface area contributed by atoms with Gasteiger partial charge in [0.1, 0.15) is 10.7 Å². The molecule has 2 aromatic heterocycles. The lowest BCUT2D eigenvalue weighted by atomic mass is 10.1. The Morgan fingerprint density at radius 3 is 3.17 bits per heavy atom. The minimum Gasteiger partial charge on any atom is -0.354 e. The Bertz CT molecular complexity index is 716. The molecule has 1 amide bonds. The second kappa shape index (κ2) is 6.64. The van der Waals surface area contributed by atoms with E-state index < -0.39 is 0 Å². The number of likely N-dealkylation sites (tertiary alicyclic amines) is 1. The molecule has 0 radical (unpaired) electrons. The first-order valence-corrected chi connectivity index (χ1v) is 9.51. The van der Waals surface area contributed by atoms with Crippen molar-refractivity contribution in [3.63, 3.8) is 0 Å². The molecule has 1 saturated heterocycles. The van der Waals surface area contributed by atoms with Gasteiger partial charge >= 0.3 is 0 Å². The van der Waals surface area contributed by atoms with Crippen molar-refractivity contribution in [2.45, 2.75) is 44.7 Å². The third-order valence-corrected chi connectivity index (χ3v) is 6.06. The van der Waals surface area contributed by atoms with Crippen LogP contribution in [0.15, 0.2) is 12.3 Å². The SMILES string of the molecule is CNC(=O)c1ccn(C2CCCN(Cc3nc4c(s3)CCC4)C2)n1. The molecule has 4 rings (SSSR count). The minimum atomic E-state index is -0.126. The van der Waals surface area contributed by atoms with Crippen LogP contribution in [0.3, 0.4) is 0 Å². The van der Waals surface area contributed by atoms with E-state index in [0.29, 0.717) is 11.7 Å². The van der Waals surface area contributed by atoms with Crippen LogP contribution in [0.5, 0.6) is 0 Å². The van der Waals surface area contributed by atoms with Gasteiger partial charge in [-0.3, -0.25) is 14.4 Å². The van der Waals surface area contributed by atoms with Crippen molar-refractivity contribution in [1.29, 1.82) is 0 Å². The number of rotatable bonds is 4. The van der Waals surface area contributed by atoms with Crippen LogP contribution in [0.2, 0.25) is 0 Å². The number of carbonyl (C=O) groups is 1. The third-order valence-electron chi connectivity index (χ3n) is 4.92. The topological polar surface area (TPSA) is 63.1 Å². The summed E-state index contributed by atoms with van der Waals surface area (Å²) in [6.45, 7) is 3.03. The van der Waals surface area contributed by atoms with Gasteiger partial charge in [0.15, 0.2) is 0 Å². The van der Waals surface area contributed by atoms with Gasteiger partial charge in [-0.25, -0.2) is 4.98 Å². The average Bonchev–Trinajstić information content (AvgIpc) is 3.30. The number of piperidine rings is 1. The van der Waals surface area contributed by atoms with Crippen molar-refractivity contribution in [3.05, 3.63) is 33.5 Å². The van der Waals surface area contributed by atoms with E-state index in [-0.39, 0.29) is 5.91 Å². The lowest BCUT2D eigenvalue weighted by Gasteiger charge is -2.32. The highest BCUT2D eigenvalue weighted by Gasteiger charge is 2.24. The molecule has 0 spiro atoms. The Kier molecular flexibility index (Phi) is 4.37. The van der Waals surface area contributed by atoms with E-state index in [4.69, 9.17) is 4.98 Å². The summed E-state index contributed by atoms with van der Waals surface area (Å²) in [7, 11) is 1.63. The van der Waals surface area contributed by atoms with Crippen molar-refractivity contribution in [2.24, 2.45) is 0 Å². The van der Waals surface area contributed by atoms with Crippen molar-refractivity contribution >= 4 is 17.2 Å². The highest BCUT2D eigenvalue weighted by atomic mass is 32.1. The number of nitrogens with zero attached hydrogens (tertiary/aromatic N) is 4. The zero-order valence-corrected chi connectivity index (χ0v) is 14.8. The van der Waals surface area contributed by atoms with Crippen LogP contribution in [0.4, 0.5) is 0 Å². The molecule has 1 atom stereocenters. The van der Waals surface area contributed by atoms with Crippen molar-refractivity contribution in [2.75, 3.05) is 20.1 Å². The first kappa shape index (κ1) is 15.8. The summed E-state index contributed by atoms with van der Waals surface area (Å²) in [5.74, 6) is -0.126. The van der Waals surface area contributed by atoms with Crippen molar-refractivity contribution in [1.82, 2.24) is 25.0 Å². The van der Waals surface area contributed by atoms with Gasteiger partial charge in [0, 0.05) is 24.7 Å². The number of fused-ring (bicyclic) bond motifs is 1. The van der Waals surface area contributed by atoms with Crippen LogP contribution < -0.4 is 5.32 Å². The molecule has 0 aromatic carbocycles. The number of carbonyl (C=O) groups excluding carboxylic acids is 1. The molecular formula is C17H23N5OS. The van der Waals surface area contributed by atoms with E-state index in [9.17, 15) is 4.79 Å². The Hall–Kier alpha value is -1.73. The molecule has 1 N–H and O–H groups in total. The van der Waals surface area contributed by atoms with E-state index in [1.54, 1.807) is 13.1 Å². The van der Waals surface area contributed by atoms with E-state index >= 15 is 0 Å². The van der Waals surface area contributed by atoms with Crippen LogP contribution in [0.1, 0.15) is 51.4 Å². The fourth-order valence-corrected chi connectivity index (χ4v) is 4.88. The lowest BCUT2D eigenvalue weighted by Crippen LogP contribution is -2.36. The number of aromatic nitrogens is 3. The minimum absolute atomic E-state index is 0.126. The first-order chi connectivity index (χ1) is 11.7. The van der Waals surface area contributed by atoms with E-state index in [2.05, 4.69) is 15.3 Å². The molecule has 6 nitrogen and oxygen atoms in total. The van der Waals surface area contributed by atoms with Gasteiger partial charge in [0.25, 0.3) is 5.91 Å². The molecule has 0 bridgehead atoms. The number of aryl methyl sites for hydroxylation is 2. The fraction of sp³-hybridized carbons (Fsp3) is 0.588. The molecule has 0 saturated carbocycles. The molecule has 7 heteroatoms. The highest BCUT2D eigenvalue weighted by molar-refractivity contribution is 7.11. The van der Waals surface area contributed by atoms with Crippen LogP contribution >= 0.6 is 11.3 Å². The zero-order chi connectivity index (χ0) is 16.5. The maximum atomic E-state index is 11.7. The van der Waals surface area contributed by atoms with Gasteiger partial charge in [-0.15, -0.1) is 11.3 Å². The number of hydrogen-bond donors (Lipinski definition) is 1. The van der Waals surface area contributed by atoms with Crippen molar-refractivity contribution < 1.29 is 4.79 Å². The first-order valence-electron chi connectivity index (χ1n) is 8.70. The van der Waals surface area contributed by atoms with Crippen LogP contribution in [0, 0.1) is 0 Å². The number of nitrogens with one attached hydrogen (secondary N) is 1. The molecule has 2 aromatic rings. The predicted octanol–water partition coefficient (Wildman–Crippen LogP) is 2.02. The van der Waals surface area contributed by atoms with Gasteiger partial charge in [0.05, 0.1) is 18.3 Å². The van der Waals surface area contributed by atoms with E-state index in [0.717, 1.165) is 38.9 Å². The molecule has 2 aliphatic rings. The smallest absolute Gasteiger partial charge is 0.271 e. The second-order valence-electron chi connectivity index (χ2n) is 6.62. The summed E-state index contributed by atoms with van der Waals surface area (Å²) in [6.07, 6.45) is 7.84. The van der Waals surface area contributed by atoms with E-state index in [1.807, 2.05) is 22.2 Å². The Labute approximate surface area is 145 Å².